The Hall–Kier alpha value is -2.49. The lowest BCUT2D eigenvalue weighted by atomic mass is 9.97. The molecule has 17 heteroatoms. The van der Waals surface area contributed by atoms with Crippen LogP contribution in [0.5, 0.6) is 0 Å². The Kier molecular flexibility index (Phi) is 8.85. The van der Waals surface area contributed by atoms with Gasteiger partial charge in [-0.15, -0.1) is 0 Å². The third-order valence-corrected chi connectivity index (χ3v) is 2.84. The highest BCUT2D eigenvalue weighted by atomic mass is 19.4. The van der Waals surface area contributed by atoms with Crippen LogP contribution in [0.4, 0.5) is 57.1 Å². The highest BCUT2D eigenvalue weighted by Crippen LogP contribution is 2.60. The molecule has 31 heavy (non-hydrogen) atoms. The van der Waals surface area contributed by atoms with Crippen LogP contribution in [-0.2, 0) is 14.3 Å². The second-order valence-corrected chi connectivity index (χ2v) is 5.57. The quantitative estimate of drug-likeness (QED) is 0.293. The number of carbonyl (C=O) groups is 2. The van der Waals surface area contributed by atoms with E-state index in [1.165, 1.54) is 6.92 Å². The Morgan fingerprint density at radius 3 is 1.16 bits per heavy atom. The van der Waals surface area contributed by atoms with Crippen molar-refractivity contribution in [3.8, 4) is 0 Å². The molecule has 4 nitrogen and oxygen atoms in total. The number of carbonyl (C=O) groups excluding carboxylic acids is 1. The summed E-state index contributed by atoms with van der Waals surface area (Å²) < 4.78 is 166. The van der Waals surface area contributed by atoms with Crippen molar-refractivity contribution in [2.24, 2.45) is 0 Å². The van der Waals surface area contributed by atoms with Gasteiger partial charge < -0.3 is 9.84 Å². The van der Waals surface area contributed by atoms with Crippen LogP contribution >= 0.6 is 0 Å². The topological polar surface area (TPSA) is 63.6 Å². The molecule has 0 aromatic rings. The molecule has 0 saturated carbocycles. The van der Waals surface area contributed by atoms with Gasteiger partial charge in [0.15, 0.2) is 0 Å². The number of esters is 1. The van der Waals surface area contributed by atoms with E-state index in [0.717, 1.165) is 0 Å². The van der Waals surface area contributed by atoms with Crippen LogP contribution < -0.4 is 0 Å². The van der Waals surface area contributed by atoms with Crippen LogP contribution in [0.15, 0.2) is 24.3 Å². The van der Waals surface area contributed by atoms with Gasteiger partial charge in [-0.25, -0.2) is 9.59 Å². The number of carboxylic acids is 1. The minimum absolute atomic E-state index is 0.176. The monoisotopic (exact) mass is 490 g/mol. The van der Waals surface area contributed by atoms with E-state index in [9.17, 15) is 66.7 Å². The molecule has 0 fully saturated rings. The molecule has 0 aromatic carbocycles. The lowest BCUT2D eigenvalue weighted by Crippen LogP contribution is -2.70. The summed E-state index contributed by atoms with van der Waals surface area (Å²) in [5.74, 6) is -35.0. The Labute approximate surface area is 163 Å². The van der Waals surface area contributed by atoms with Crippen molar-refractivity contribution in [3.05, 3.63) is 24.3 Å². The van der Waals surface area contributed by atoms with Crippen molar-refractivity contribution in [2.45, 2.75) is 49.8 Å². The molecule has 0 aliphatic rings. The molecule has 0 unspecified atom stereocenters. The van der Waals surface area contributed by atoms with E-state index >= 15 is 0 Å². The highest BCUT2D eigenvalue weighted by Gasteiger charge is 2.91. The number of halogens is 13. The molecule has 1 N–H and O–H groups in total. The maximum Gasteiger partial charge on any atom is 0.473 e. The van der Waals surface area contributed by atoms with E-state index < -0.39 is 53.5 Å². The van der Waals surface area contributed by atoms with Crippen LogP contribution in [0, 0.1) is 0 Å². The summed E-state index contributed by atoms with van der Waals surface area (Å²) in [6.45, 7) is 7.66. The van der Waals surface area contributed by atoms with Crippen LogP contribution in [0.25, 0.3) is 0 Å². The Morgan fingerprint density at radius 1 is 0.645 bits per heavy atom. The van der Waals surface area contributed by atoms with Crippen LogP contribution in [0.3, 0.4) is 0 Å². The molecule has 182 valence electrons. The average molecular weight is 490 g/mol. The first-order chi connectivity index (χ1) is 13.2. The largest absolute Gasteiger partial charge is 0.478 e. The number of ether oxygens (including phenoxy) is 1. The fraction of sp³-hybridized carbons (Fsp3) is 0.571. The van der Waals surface area contributed by atoms with Crippen LogP contribution in [0.2, 0.25) is 0 Å². The predicted molar refractivity (Wildman–Crippen MR) is 74.1 cm³/mol. The molecular weight excluding hydrogens is 479 g/mol. The summed E-state index contributed by atoms with van der Waals surface area (Å²) in [5.41, 5.74) is -0.957. The Balaban J connectivity index is 0. The van der Waals surface area contributed by atoms with Crippen molar-refractivity contribution in [2.75, 3.05) is 0 Å². The fourth-order valence-corrected chi connectivity index (χ4v) is 1.02. The van der Waals surface area contributed by atoms with E-state index in [1.54, 1.807) is 0 Å². The summed E-state index contributed by atoms with van der Waals surface area (Å²) >= 11 is 0. The number of carboxylic acid groups (broad SMARTS) is 1. The van der Waals surface area contributed by atoms with Gasteiger partial charge >= 0.3 is 47.9 Å². The summed E-state index contributed by atoms with van der Waals surface area (Å²) in [6.07, 6.45) is -14.4. The molecule has 0 rings (SSSR count). The van der Waals surface area contributed by atoms with Crippen molar-refractivity contribution in [1.29, 1.82) is 0 Å². The van der Waals surface area contributed by atoms with Crippen molar-refractivity contribution < 1.29 is 76.5 Å². The zero-order valence-electron chi connectivity index (χ0n) is 15.0. The molecule has 0 atom stereocenters. The van der Waals surface area contributed by atoms with Crippen molar-refractivity contribution >= 4 is 11.9 Å². The van der Waals surface area contributed by atoms with Gasteiger partial charge in [-0.1, -0.05) is 13.2 Å². The first-order valence-electron chi connectivity index (χ1n) is 6.95. The molecule has 0 aliphatic carbocycles. The summed E-state index contributed by atoms with van der Waals surface area (Å²) in [6, 6.07) is 0. The maximum atomic E-state index is 13.0. The predicted octanol–water partition coefficient (Wildman–Crippen LogP) is 5.45. The number of alkyl halides is 13. The van der Waals surface area contributed by atoms with E-state index in [1.807, 2.05) is 0 Å². The van der Waals surface area contributed by atoms with Gasteiger partial charge in [0.05, 0.1) is 0 Å². The van der Waals surface area contributed by atoms with Crippen molar-refractivity contribution in [1.82, 2.24) is 0 Å². The number of hydrogen-bond donors (Lipinski definition) is 1. The lowest BCUT2D eigenvalue weighted by Gasteiger charge is -2.38. The van der Waals surface area contributed by atoms with E-state index in [4.69, 9.17) is 5.11 Å². The van der Waals surface area contributed by atoms with Gasteiger partial charge in [-0.3, -0.25) is 0 Å². The molecule has 0 spiro atoms. The SMILES string of the molecule is C=C(C)C(=O)O.C=C(C)C(=O)OC(F)(F)C(F)(F)C(F)(F)C(F)(F)C(F)(F)C(F)(F)F. The van der Waals surface area contributed by atoms with Crippen LogP contribution in [0.1, 0.15) is 13.8 Å². The van der Waals surface area contributed by atoms with Gasteiger partial charge in [-0.2, -0.15) is 57.1 Å². The van der Waals surface area contributed by atoms with Crippen LogP contribution in [-0.4, -0.2) is 53.0 Å². The number of aliphatic carboxylic acids is 1. The molecule has 0 heterocycles. The zero-order chi connectivity index (χ0) is 26.0. The molecule has 0 saturated heterocycles. The number of hydrogen-bond acceptors (Lipinski definition) is 3. The molecular formula is C14H11F13O4. The van der Waals surface area contributed by atoms with Gasteiger partial charge in [-0.05, 0) is 13.8 Å². The normalized spacial score (nSPS) is 13.6. The van der Waals surface area contributed by atoms with Crippen molar-refractivity contribution in [3.63, 3.8) is 0 Å². The summed E-state index contributed by atoms with van der Waals surface area (Å²) in [4.78, 5) is 20.2. The fourth-order valence-electron chi connectivity index (χ4n) is 1.02. The third-order valence-electron chi connectivity index (χ3n) is 2.84. The minimum Gasteiger partial charge on any atom is -0.478 e. The first kappa shape index (κ1) is 30.7. The van der Waals surface area contributed by atoms with E-state index in [2.05, 4.69) is 17.9 Å². The highest BCUT2D eigenvalue weighted by molar-refractivity contribution is 5.87. The zero-order valence-corrected chi connectivity index (χ0v) is 15.0. The Morgan fingerprint density at radius 2 is 0.935 bits per heavy atom. The smallest absolute Gasteiger partial charge is 0.473 e. The lowest BCUT2D eigenvalue weighted by molar-refractivity contribution is -0.460. The Bertz CT molecular complexity index is 710. The first-order valence-corrected chi connectivity index (χ1v) is 6.95. The second kappa shape index (κ2) is 8.94. The maximum absolute atomic E-state index is 13.0. The minimum atomic E-state index is -8.04. The van der Waals surface area contributed by atoms with Gasteiger partial charge in [0.2, 0.25) is 0 Å². The molecule has 0 aromatic heterocycles. The number of rotatable bonds is 7. The van der Waals surface area contributed by atoms with Gasteiger partial charge in [0, 0.05) is 11.1 Å². The molecule has 0 bridgehead atoms. The van der Waals surface area contributed by atoms with Gasteiger partial charge in [0.1, 0.15) is 0 Å². The van der Waals surface area contributed by atoms with Gasteiger partial charge in [0.25, 0.3) is 0 Å². The third kappa shape index (κ3) is 5.81. The second-order valence-electron chi connectivity index (χ2n) is 5.57. The van der Waals surface area contributed by atoms with E-state index in [-0.39, 0.29) is 5.57 Å². The summed E-state index contributed by atoms with van der Waals surface area (Å²) in [5, 5.41) is 7.89. The molecule has 0 radical (unpaired) electrons. The molecule has 0 aliphatic heterocycles. The van der Waals surface area contributed by atoms with E-state index in [0.29, 0.717) is 6.92 Å². The molecule has 0 amide bonds. The standard InChI is InChI=1S/C10H5F13O2.C4H6O2/c1-3(2)4(24)25-10(22,23)8(17,18)6(13,14)5(11,12)7(15,16)9(19,20)21;1-3(2)4(5)6/h1H2,2H3;1H2,2H3,(H,5,6). The average Bonchev–Trinajstić information content (AvgIpc) is 2.52. The summed E-state index contributed by atoms with van der Waals surface area (Å²) in [7, 11) is 0.